The lowest BCUT2D eigenvalue weighted by atomic mass is 10.0. The number of fused-ring (bicyclic) bond motifs is 3. The first-order valence-electron chi connectivity index (χ1n) is 8.44. The van der Waals surface area contributed by atoms with Gasteiger partial charge in [0.1, 0.15) is 6.54 Å². The third-order valence-electron chi connectivity index (χ3n) is 4.42. The predicted molar refractivity (Wildman–Crippen MR) is 102 cm³/mol. The lowest BCUT2D eigenvalue weighted by Crippen LogP contribution is -2.42. The van der Waals surface area contributed by atoms with E-state index in [9.17, 15) is 13.2 Å². The number of amides is 1. The first kappa shape index (κ1) is 17.2. The molecule has 1 aliphatic heterocycles. The van der Waals surface area contributed by atoms with E-state index < -0.39 is 10.0 Å². The highest BCUT2D eigenvalue weighted by molar-refractivity contribution is 7.93. The van der Waals surface area contributed by atoms with Crippen molar-refractivity contribution in [1.29, 1.82) is 0 Å². The van der Waals surface area contributed by atoms with Crippen LogP contribution in [-0.2, 0) is 21.4 Å². The Labute approximate surface area is 157 Å². The molecular formula is C20H17N3O3S. The number of aromatic nitrogens is 1. The molecule has 7 heteroatoms. The van der Waals surface area contributed by atoms with Gasteiger partial charge in [-0.25, -0.2) is 8.42 Å². The van der Waals surface area contributed by atoms with Crippen LogP contribution in [0.3, 0.4) is 0 Å². The summed E-state index contributed by atoms with van der Waals surface area (Å²) in [5.74, 6) is -0.378. The molecule has 0 spiro atoms. The van der Waals surface area contributed by atoms with E-state index in [1.165, 1.54) is 4.31 Å². The van der Waals surface area contributed by atoms with E-state index in [4.69, 9.17) is 0 Å². The molecule has 6 nitrogen and oxygen atoms in total. The third kappa shape index (κ3) is 3.17. The first-order valence-corrected chi connectivity index (χ1v) is 9.88. The van der Waals surface area contributed by atoms with Gasteiger partial charge in [-0.15, -0.1) is 0 Å². The van der Waals surface area contributed by atoms with Crippen molar-refractivity contribution in [2.24, 2.45) is 0 Å². The van der Waals surface area contributed by atoms with Gasteiger partial charge in [0, 0.05) is 30.1 Å². The number of carbonyl (C=O) groups excluding carboxylic acids is 1. The molecule has 0 fully saturated rings. The number of carbonyl (C=O) groups is 1. The quantitative estimate of drug-likeness (QED) is 0.756. The Balaban J connectivity index is 1.63. The summed E-state index contributed by atoms with van der Waals surface area (Å²) < 4.78 is 27.4. The van der Waals surface area contributed by atoms with E-state index in [1.54, 1.807) is 54.9 Å². The van der Waals surface area contributed by atoms with Gasteiger partial charge in [-0.3, -0.25) is 14.1 Å². The number of nitrogens with one attached hydrogen (secondary N) is 1. The molecule has 0 unspecified atom stereocenters. The van der Waals surface area contributed by atoms with Gasteiger partial charge in [-0.2, -0.15) is 0 Å². The van der Waals surface area contributed by atoms with E-state index in [0.29, 0.717) is 17.8 Å². The van der Waals surface area contributed by atoms with Gasteiger partial charge >= 0.3 is 0 Å². The van der Waals surface area contributed by atoms with Crippen LogP contribution in [-0.4, -0.2) is 25.9 Å². The number of pyridine rings is 1. The van der Waals surface area contributed by atoms with Crippen LogP contribution < -0.4 is 9.62 Å². The fourth-order valence-electron chi connectivity index (χ4n) is 3.14. The molecule has 1 N–H and O–H groups in total. The molecule has 136 valence electrons. The molecule has 1 aromatic heterocycles. The molecule has 1 aliphatic rings. The number of anilines is 1. The summed E-state index contributed by atoms with van der Waals surface area (Å²) in [6, 6.07) is 17.7. The summed E-state index contributed by atoms with van der Waals surface area (Å²) in [5.41, 5.74) is 2.80. The molecule has 0 saturated carbocycles. The summed E-state index contributed by atoms with van der Waals surface area (Å²) in [5, 5.41) is 2.75. The fourth-order valence-corrected chi connectivity index (χ4v) is 4.79. The number of nitrogens with zero attached hydrogens (tertiary/aromatic N) is 2. The second-order valence-electron chi connectivity index (χ2n) is 6.16. The molecule has 4 rings (SSSR count). The average molecular weight is 379 g/mol. The highest BCUT2D eigenvalue weighted by Crippen LogP contribution is 2.42. The van der Waals surface area contributed by atoms with Crippen molar-refractivity contribution in [3.8, 4) is 11.1 Å². The second kappa shape index (κ2) is 6.85. The van der Waals surface area contributed by atoms with Crippen molar-refractivity contribution in [2.75, 3.05) is 10.8 Å². The van der Waals surface area contributed by atoms with E-state index in [0.717, 1.165) is 11.1 Å². The van der Waals surface area contributed by atoms with Crippen LogP contribution in [0.5, 0.6) is 0 Å². The van der Waals surface area contributed by atoms with E-state index >= 15 is 0 Å². The SMILES string of the molecule is O=C(CN1c2ccccc2-c2ccccc2S1(=O)=O)NCc1cccnc1. The molecule has 3 aromatic rings. The number of rotatable bonds is 4. The lowest BCUT2D eigenvalue weighted by Gasteiger charge is -2.31. The maximum Gasteiger partial charge on any atom is 0.265 e. The number of hydrogen-bond acceptors (Lipinski definition) is 4. The summed E-state index contributed by atoms with van der Waals surface area (Å²) in [7, 11) is -3.81. The molecule has 0 aliphatic carbocycles. The highest BCUT2D eigenvalue weighted by atomic mass is 32.2. The van der Waals surface area contributed by atoms with Crippen LogP contribution in [0.25, 0.3) is 11.1 Å². The molecule has 27 heavy (non-hydrogen) atoms. The minimum Gasteiger partial charge on any atom is -0.350 e. The number of sulfonamides is 1. The zero-order valence-corrected chi connectivity index (χ0v) is 15.2. The maximum absolute atomic E-state index is 13.1. The Hall–Kier alpha value is -3.19. The van der Waals surface area contributed by atoms with Crippen LogP contribution in [0.1, 0.15) is 5.56 Å². The van der Waals surface area contributed by atoms with Gasteiger partial charge in [0.15, 0.2) is 0 Å². The summed E-state index contributed by atoms with van der Waals surface area (Å²) in [6.07, 6.45) is 3.31. The minimum absolute atomic E-state index is 0.212. The molecule has 0 radical (unpaired) electrons. The zero-order valence-electron chi connectivity index (χ0n) is 14.4. The molecule has 0 saturated heterocycles. The van der Waals surface area contributed by atoms with Gasteiger partial charge in [0.25, 0.3) is 10.0 Å². The molecule has 2 heterocycles. The van der Waals surface area contributed by atoms with Crippen LogP contribution in [0.4, 0.5) is 5.69 Å². The van der Waals surface area contributed by atoms with Crippen molar-refractivity contribution >= 4 is 21.6 Å². The molecule has 2 aromatic carbocycles. The standard InChI is InChI=1S/C20H17N3O3S/c24-20(22-13-15-6-5-11-21-12-15)14-23-18-9-3-1-7-16(18)17-8-2-4-10-19(17)27(23,25)26/h1-12H,13-14H2,(H,22,24). The van der Waals surface area contributed by atoms with Crippen LogP contribution >= 0.6 is 0 Å². The summed E-state index contributed by atoms with van der Waals surface area (Å²) >= 11 is 0. The predicted octanol–water partition coefficient (Wildman–Crippen LogP) is 2.57. The normalized spacial score (nSPS) is 14.1. The van der Waals surface area contributed by atoms with Gasteiger partial charge in [-0.1, -0.05) is 42.5 Å². The smallest absolute Gasteiger partial charge is 0.265 e. The van der Waals surface area contributed by atoms with Gasteiger partial charge in [0.2, 0.25) is 5.91 Å². The monoisotopic (exact) mass is 379 g/mol. The van der Waals surface area contributed by atoms with Gasteiger partial charge in [-0.05, 0) is 23.8 Å². The summed E-state index contributed by atoms with van der Waals surface area (Å²) in [4.78, 5) is 16.7. The molecular weight excluding hydrogens is 362 g/mol. The number of benzene rings is 2. The van der Waals surface area contributed by atoms with E-state index in [2.05, 4.69) is 10.3 Å². The Bertz CT molecular complexity index is 1100. The van der Waals surface area contributed by atoms with Gasteiger partial charge < -0.3 is 5.32 Å². The van der Waals surface area contributed by atoms with Gasteiger partial charge in [0.05, 0.1) is 10.6 Å². The largest absolute Gasteiger partial charge is 0.350 e. The Morgan fingerprint density at radius 3 is 2.48 bits per heavy atom. The van der Waals surface area contributed by atoms with Crippen LogP contribution in [0, 0.1) is 0 Å². The number of hydrogen-bond donors (Lipinski definition) is 1. The highest BCUT2D eigenvalue weighted by Gasteiger charge is 2.35. The maximum atomic E-state index is 13.1. The third-order valence-corrected chi connectivity index (χ3v) is 6.24. The Kier molecular flexibility index (Phi) is 4.37. The zero-order chi connectivity index (χ0) is 18.9. The minimum atomic E-state index is -3.81. The van der Waals surface area contributed by atoms with Crippen LogP contribution in [0.15, 0.2) is 78.0 Å². The Morgan fingerprint density at radius 2 is 1.70 bits per heavy atom. The molecule has 0 atom stereocenters. The Morgan fingerprint density at radius 1 is 0.963 bits per heavy atom. The van der Waals surface area contributed by atoms with Crippen molar-refractivity contribution in [1.82, 2.24) is 10.3 Å². The summed E-state index contributed by atoms with van der Waals surface area (Å²) in [6.45, 7) is 0.00668. The lowest BCUT2D eigenvalue weighted by molar-refractivity contribution is -0.119. The van der Waals surface area contributed by atoms with E-state index in [1.807, 2.05) is 18.2 Å². The molecule has 0 bridgehead atoms. The first-order chi connectivity index (χ1) is 13.1. The van der Waals surface area contributed by atoms with Crippen molar-refractivity contribution in [3.05, 3.63) is 78.6 Å². The number of para-hydroxylation sites is 1. The average Bonchev–Trinajstić information content (AvgIpc) is 2.70. The van der Waals surface area contributed by atoms with Crippen molar-refractivity contribution < 1.29 is 13.2 Å². The van der Waals surface area contributed by atoms with Crippen molar-refractivity contribution in [3.63, 3.8) is 0 Å². The van der Waals surface area contributed by atoms with E-state index in [-0.39, 0.29) is 17.3 Å². The second-order valence-corrected chi connectivity index (χ2v) is 7.99. The topological polar surface area (TPSA) is 79.4 Å². The molecule has 1 amide bonds. The van der Waals surface area contributed by atoms with Crippen molar-refractivity contribution in [2.45, 2.75) is 11.4 Å². The van der Waals surface area contributed by atoms with Crippen LogP contribution in [0.2, 0.25) is 0 Å². The fraction of sp³-hybridized carbons (Fsp3) is 0.100.